The highest BCUT2D eigenvalue weighted by atomic mass is 79.9. The van der Waals surface area contributed by atoms with Gasteiger partial charge >= 0.3 is 0 Å². The van der Waals surface area contributed by atoms with Gasteiger partial charge in [-0.15, -0.1) is 11.3 Å². The Morgan fingerprint density at radius 1 is 1.53 bits per heavy atom. The van der Waals surface area contributed by atoms with E-state index in [4.69, 9.17) is 0 Å². The second-order valence-electron chi connectivity index (χ2n) is 3.76. The third-order valence-corrected chi connectivity index (χ3v) is 4.37. The van der Waals surface area contributed by atoms with E-state index in [1.807, 2.05) is 11.3 Å². The Morgan fingerprint density at radius 3 is 2.80 bits per heavy atom. The average molecular weight is 291 g/mol. The van der Waals surface area contributed by atoms with Gasteiger partial charge in [0.05, 0.1) is 3.79 Å². The van der Waals surface area contributed by atoms with Crippen molar-refractivity contribution in [2.45, 2.75) is 33.4 Å². The Labute approximate surface area is 105 Å². The lowest BCUT2D eigenvalue weighted by Crippen LogP contribution is -2.35. The number of likely N-dealkylation sites (N-methyl/N-ethyl adjacent to an activating group) is 1. The van der Waals surface area contributed by atoms with E-state index in [0.717, 1.165) is 19.6 Å². The number of aryl methyl sites for hydroxylation is 1. The van der Waals surface area contributed by atoms with Crippen molar-refractivity contribution in [3.63, 3.8) is 0 Å². The van der Waals surface area contributed by atoms with Crippen LogP contribution in [0.1, 0.15) is 24.3 Å². The van der Waals surface area contributed by atoms with Crippen molar-refractivity contribution in [1.29, 1.82) is 0 Å². The van der Waals surface area contributed by atoms with Crippen molar-refractivity contribution < 1.29 is 0 Å². The lowest BCUT2D eigenvalue weighted by atomic mass is 10.3. The van der Waals surface area contributed by atoms with Gasteiger partial charge in [0.1, 0.15) is 0 Å². The SMILES string of the molecule is CCNCC(C)NCc1cc(C)c(Br)s1. The number of nitrogens with one attached hydrogen (secondary N) is 2. The molecule has 0 aromatic carbocycles. The molecule has 1 rings (SSSR count). The van der Waals surface area contributed by atoms with Crippen LogP contribution in [0.2, 0.25) is 0 Å². The Bertz CT molecular complexity index is 279. The van der Waals surface area contributed by atoms with Gasteiger partial charge in [-0.1, -0.05) is 6.92 Å². The predicted molar refractivity (Wildman–Crippen MR) is 71.6 cm³/mol. The molecule has 0 aliphatic heterocycles. The van der Waals surface area contributed by atoms with Gasteiger partial charge in [-0.2, -0.15) is 0 Å². The maximum atomic E-state index is 3.54. The maximum Gasteiger partial charge on any atom is 0.0730 e. The fraction of sp³-hybridized carbons (Fsp3) is 0.636. The largest absolute Gasteiger partial charge is 0.315 e. The molecule has 4 heteroatoms. The van der Waals surface area contributed by atoms with Crippen LogP contribution in [0.3, 0.4) is 0 Å². The van der Waals surface area contributed by atoms with E-state index in [1.165, 1.54) is 14.2 Å². The molecule has 1 aromatic heterocycles. The van der Waals surface area contributed by atoms with Crippen LogP contribution < -0.4 is 10.6 Å². The van der Waals surface area contributed by atoms with Crippen molar-refractivity contribution in [1.82, 2.24) is 10.6 Å². The Kier molecular flexibility index (Phi) is 5.82. The highest BCUT2D eigenvalue weighted by Gasteiger charge is 2.04. The van der Waals surface area contributed by atoms with Gasteiger partial charge in [-0.05, 0) is 48.0 Å². The van der Waals surface area contributed by atoms with Gasteiger partial charge in [0, 0.05) is 24.0 Å². The smallest absolute Gasteiger partial charge is 0.0730 e. The molecule has 0 saturated heterocycles. The van der Waals surface area contributed by atoms with E-state index in [0.29, 0.717) is 6.04 Å². The van der Waals surface area contributed by atoms with E-state index in [-0.39, 0.29) is 0 Å². The second-order valence-corrected chi connectivity index (χ2v) is 6.21. The first kappa shape index (κ1) is 13.2. The van der Waals surface area contributed by atoms with Crippen LogP contribution in [0, 0.1) is 6.92 Å². The summed E-state index contributed by atoms with van der Waals surface area (Å²) in [4.78, 5) is 1.39. The van der Waals surface area contributed by atoms with Crippen molar-refractivity contribution >= 4 is 27.3 Å². The molecular formula is C11H19BrN2S. The predicted octanol–water partition coefficient (Wildman–Crippen LogP) is 2.91. The van der Waals surface area contributed by atoms with Gasteiger partial charge in [-0.25, -0.2) is 0 Å². The molecule has 2 N–H and O–H groups in total. The van der Waals surface area contributed by atoms with Gasteiger partial charge in [0.2, 0.25) is 0 Å². The molecule has 86 valence electrons. The minimum Gasteiger partial charge on any atom is -0.315 e. The van der Waals surface area contributed by atoms with Crippen molar-refractivity contribution in [2.24, 2.45) is 0 Å². The molecule has 1 aromatic rings. The second kappa shape index (κ2) is 6.63. The molecular weight excluding hydrogens is 272 g/mol. The van der Waals surface area contributed by atoms with Gasteiger partial charge in [-0.3, -0.25) is 0 Å². The van der Waals surface area contributed by atoms with Crippen LogP contribution in [-0.2, 0) is 6.54 Å². The fourth-order valence-electron chi connectivity index (χ4n) is 1.32. The summed E-state index contributed by atoms with van der Waals surface area (Å²) in [5, 5.41) is 6.83. The van der Waals surface area contributed by atoms with E-state index in [1.54, 1.807) is 0 Å². The van der Waals surface area contributed by atoms with E-state index >= 15 is 0 Å². The summed E-state index contributed by atoms with van der Waals surface area (Å²) >= 11 is 5.36. The molecule has 1 heterocycles. The summed E-state index contributed by atoms with van der Waals surface area (Å²) in [5.41, 5.74) is 1.33. The topological polar surface area (TPSA) is 24.1 Å². The lowest BCUT2D eigenvalue weighted by Gasteiger charge is -2.12. The van der Waals surface area contributed by atoms with Crippen molar-refractivity contribution in [2.75, 3.05) is 13.1 Å². The molecule has 0 bridgehead atoms. The summed E-state index contributed by atoms with van der Waals surface area (Å²) in [7, 11) is 0. The maximum absolute atomic E-state index is 3.54. The van der Waals surface area contributed by atoms with Crippen molar-refractivity contribution in [3.8, 4) is 0 Å². The molecule has 0 aliphatic carbocycles. The number of thiophene rings is 1. The summed E-state index contributed by atoms with van der Waals surface area (Å²) in [6.07, 6.45) is 0. The average Bonchev–Trinajstić information content (AvgIpc) is 2.52. The Balaban J connectivity index is 2.30. The lowest BCUT2D eigenvalue weighted by molar-refractivity contribution is 0.511. The number of hydrogen-bond donors (Lipinski definition) is 2. The third kappa shape index (κ3) is 4.64. The fourth-order valence-corrected chi connectivity index (χ4v) is 2.90. The monoisotopic (exact) mass is 290 g/mol. The van der Waals surface area contributed by atoms with Crippen LogP contribution in [0.5, 0.6) is 0 Å². The molecule has 0 radical (unpaired) electrons. The van der Waals surface area contributed by atoms with Gasteiger partial charge in [0.25, 0.3) is 0 Å². The molecule has 1 atom stereocenters. The van der Waals surface area contributed by atoms with Crippen LogP contribution in [0.15, 0.2) is 9.85 Å². The van der Waals surface area contributed by atoms with Crippen LogP contribution in [-0.4, -0.2) is 19.1 Å². The minimum absolute atomic E-state index is 0.520. The van der Waals surface area contributed by atoms with E-state index < -0.39 is 0 Å². The zero-order valence-corrected chi connectivity index (χ0v) is 12.0. The van der Waals surface area contributed by atoms with E-state index in [2.05, 4.69) is 53.4 Å². The highest BCUT2D eigenvalue weighted by molar-refractivity contribution is 9.11. The first-order chi connectivity index (χ1) is 7.13. The Hall–Kier alpha value is 0.1000. The third-order valence-electron chi connectivity index (χ3n) is 2.23. The number of rotatable bonds is 6. The quantitative estimate of drug-likeness (QED) is 0.842. The number of hydrogen-bond acceptors (Lipinski definition) is 3. The molecule has 0 aliphatic rings. The molecule has 0 spiro atoms. The zero-order chi connectivity index (χ0) is 11.3. The number of halogens is 1. The molecule has 0 amide bonds. The molecule has 2 nitrogen and oxygen atoms in total. The summed E-state index contributed by atoms with van der Waals surface area (Å²) in [6, 6.07) is 2.76. The van der Waals surface area contributed by atoms with Crippen LogP contribution in [0.4, 0.5) is 0 Å². The van der Waals surface area contributed by atoms with Gasteiger partial charge < -0.3 is 10.6 Å². The molecule has 0 saturated carbocycles. The van der Waals surface area contributed by atoms with Crippen molar-refractivity contribution in [3.05, 3.63) is 20.3 Å². The van der Waals surface area contributed by atoms with Gasteiger partial charge in [0.15, 0.2) is 0 Å². The first-order valence-electron chi connectivity index (χ1n) is 5.32. The minimum atomic E-state index is 0.520. The van der Waals surface area contributed by atoms with E-state index in [9.17, 15) is 0 Å². The molecule has 15 heavy (non-hydrogen) atoms. The standard InChI is InChI=1S/C11H19BrN2S/c1-4-13-6-9(3)14-7-10-5-8(2)11(12)15-10/h5,9,13-14H,4,6-7H2,1-3H3. The summed E-state index contributed by atoms with van der Waals surface area (Å²) in [6.45, 7) is 9.50. The Morgan fingerprint density at radius 2 is 2.27 bits per heavy atom. The first-order valence-corrected chi connectivity index (χ1v) is 6.93. The molecule has 0 fully saturated rings. The van der Waals surface area contributed by atoms with Crippen LogP contribution in [0.25, 0.3) is 0 Å². The van der Waals surface area contributed by atoms with Crippen LogP contribution >= 0.6 is 27.3 Å². The summed E-state index contributed by atoms with van der Waals surface area (Å²) < 4.78 is 1.25. The summed E-state index contributed by atoms with van der Waals surface area (Å²) in [5.74, 6) is 0. The normalized spacial score (nSPS) is 13.1. The molecule has 1 unspecified atom stereocenters. The highest BCUT2D eigenvalue weighted by Crippen LogP contribution is 2.27. The zero-order valence-electron chi connectivity index (χ0n) is 9.56.